The van der Waals surface area contributed by atoms with Crippen LogP contribution in [0.25, 0.3) is 16.6 Å². The summed E-state index contributed by atoms with van der Waals surface area (Å²) in [6.45, 7) is 8.62. The van der Waals surface area contributed by atoms with Crippen LogP contribution in [-0.2, 0) is 15.7 Å². The number of ether oxygens (including phenoxy) is 2. The Labute approximate surface area is 211 Å². The molecule has 2 aromatic heterocycles. The van der Waals surface area contributed by atoms with Crippen LogP contribution in [0, 0.1) is 10.8 Å². The van der Waals surface area contributed by atoms with Crippen molar-refractivity contribution in [2.75, 3.05) is 19.8 Å². The van der Waals surface area contributed by atoms with Crippen LogP contribution in [0.5, 0.6) is 0 Å². The van der Waals surface area contributed by atoms with Crippen LogP contribution in [0.2, 0.25) is 0 Å². The number of carbonyl (C=O) groups excluding carboxylic acids is 1. The monoisotopic (exact) mass is 668 g/mol. The fourth-order valence-corrected chi connectivity index (χ4v) is 5.67. The number of allylic oxidation sites excluding steroid dienone is 4. The van der Waals surface area contributed by atoms with Gasteiger partial charge >= 0.3 is 186 Å². The second-order valence-corrected chi connectivity index (χ2v) is 12.0. The number of fused-ring (bicyclic) bond motifs is 1. The van der Waals surface area contributed by atoms with Gasteiger partial charge in [-0.3, -0.25) is 0 Å². The van der Waals surface area contributed by atoms with E-state index < -0.39 is 34.4 Å². The third-order valence-electron chi connectivity index (χ3n) is 6.42. The Hall–Kier alpha value is -1.96. The Kier molecular flexibility index (Phi) is 6.37. The number of amides is 1. The molecule has 1 saturated heterocycles. The summed E-state index contributed by atoms with van der Waals surface area (Å²) in [6, 6.07) is 1.61. The van der Waals surface area contributed by atoms with Crippen molar-refractivity contribution in [2.45, 2.75) is 45.9 Å². The van der Waals surface area contributed by atoms with Gasteiger partial charge in [0.05, 0.1) is 0 Å². The zero-order chi connectivity index (χ0) is 24.9. The van der Waals surface area contributed by atoms with Crippen LogP contribution in [0.3, 0.4) is 0 Å². The molecule has 1 aliphatic carbocycles. The molecule has 3 heterocycles. The molecule has 1 aliphatic heterocycles. The molecule has 0 bridgehead atoms. The second kappa shape index (κ2) is 8.61. The van der Waals surface area contributed by atoms with Crippen LogP contribution in [0.1, 0.15) is 45.4 Å². The maximum absolute atomic E-state index is 13.8. The number of alkyl halides is 3. The van der Waals surface area contributed by atoms with Crippen LogP contribution in [-0.4, -0.2) is 70.1 Å². The first-order chi connectivity index (χ1) is 15.7. The Balaban J connectivity index is 1.71. The molecule has 0 radical (unpaired) electrons. The first-order valence-corrected chi connectivity index (χ1v) is 12.9. The van der Waals surface area contributed by atoms with E-state index in [1.165, 1.54) is 8.69 Å². The number of nitrogens with one attached hydrogen (secondary N) is 1. The van der Waals surface area contributed by atoms with Gasteiger partial charge in [0.25, 0.3) is 0 Å². The Bertz CT molecular complexity index is 1180. The van der Waals surface area contributed by atoms with E-state index in [0.717, 1.165) is 0 Å². The van der Waals surface area contributed by atoms with Gasteiger partial charge in [0.1, 0.15) is 5.60 Å². The van der Waals surface area contributed by atoms with Crippen molar-refractivity contribution >= 4 is 48.8 Å². The van der Waals surface area contributed by atoms with Gasteiger partial charge in [0.2, 0.25) is 0 Å². The van der Waals surface area contributed by atoms with E-state index in [1.54, 1.807) is 26.8 Å². The third kappa shape index (κ3) is 4.62. The predicted molar refractivity (Wildman–Crippen MR) is 121 cm³/mol. The van der Waals surface area contributed by atoms with Crippen molar-refractivity contribution in [1.82, 2.24) is 17.9 Å². The molecule has 4 rings (SSSR count). The van der Waals surface area contributed by atoms with Crippen molar-refractivity contribution in [1.29, 1.82) is 0 Å². The first-order valence-electron chi connectivity index (χ1n) is 10.9. The molecule has 1 atom stereocenters. The maximum atomic E-state index is 13.8. The van der Waals surface area contributed by atoms with Crippen molar-refractivity contribution in [3.63, 3.8) is 0 Å². The fourth-order valence-electron chi connectivity index (χ4n) is 4.46. The van der Waals surface area contributed by atoms with E-state index >= 15 is 0 Å². The van der Waals surface area contributed by atoms with Gasteiger partial charge in [0.15, 0.2) is 0 Å². The number of halogens is 3. The number of nitrogens with zero attached hydrogens (tertiary/aromatic N) is 3. The quantitative estimate of drug-likeness (QED) is 0.493. The molecule has 180 valence electrons. The Morgan fingerprint density at radius 3 is 2.62 bits per heavy atom. The molecule has 0 saturated carbocycles. The van der Waals surface area contributed by atoms with E-state index in [9.17, 15) is 18.0 Å². The molecule has 0 aromatic carbocycles. The molecule has 1 amide bonds. The zero-order valence-corrected chi connectivity index (χ0v) is 24.0. The van der Waals surface area contributed by atoms with Crippen LogP contribution >= 0.6 is 0 Å². The number of aromatic nitrogens is 3. The van der Waals surface area contributed by atoms with Crippen LogP contribution < -0.4 is 5.32 Å². The van der Waals surface area contributed by atoms with Crippen molar-refractivity contribution in [3.8, 4) is 0 Å². The van der Waals surface area contributed by atoms with Gasteiger partial charge in [-0.2, -0.15) is 0 Å². The normalized spacial score (nSPS) is 22.2. The first kappa shape index (κ1) is 25.1. The summed E-state index contributed by atoms with van der Waals surface area (Å²) in [5.74, 6) is 0. The summed E-state index contributed by atoms with van der Waals surface area (Å²) in [4.78, 5) is 16.4. The topological polar surface area (TPSA) is 78.3 Å². The van der Waals surface area contributed by atoms with E-state index in [0.29, 0.717) is 37.3 Å². The standard InChI is InChI=1S/C23H27F3N4O3.Tl/c1-20(2,3)33-19(31)28-11-22(12-32-13-22)21(4)8-5-6-14(10-21)15-7-9-27-18-16(15)17(29-30-18)23(24,25)26;/h5-7,9-10H,8,11-13H2,1-4H3,(H2,27,28,29,30,31);/q;+1/p-1. The molecule has 34 heavy (non-hydrogen) atoms. The molecule has 2 aliphatic rings. The summed E-state index contributed by atoms with van der Waals surface area (Å²) in [6.07, 6.45) is 2.91. The molecular formula is C23H26F3N4O3Tl. The van der Waals surface area contributed by atoms with E-state index in [4.69, 9.17) is 9.47 Å². The van der Waals surface area contributed by atoms with Gasteiger partial charge in [-0.15, -0.1) is 0 Å². The summed E-state index contributed by atoms with van der Waals surface area (Å²) in [5.41, 5.74) is -1.05. The molecular weight excluding hydrogens is 642 g/mol. The van der Waals surface area contributed by atoms with Crippen molar-refractivity contribution in [3.05, 3.63) is 41.7 Å². The van der Waals surface area contributed by atoms with E-state index in [-0.39, 0.29) is 37.1 Å². The minimum absolute atomic E-state index is 0.0171. The molecule has 1 unspecified atom stereocenters. The van der Waals surface area contributed by atoms with Gasteiger partial charge < -0.3 is 0 Å². The third-order valence-corrected chi connectivity index (χ3v) is 7.82. The molecule has 2 aromatic rings. The van der Waals surface area contributed by atoms with Gasteiger partial charge in [0, 0.05) is 0 Å². The van der Waals surface area contributed by atoms with E-state index in [2.05, 4.69) is 22.3 Å². The summed E-state index contributed by atoms with van der Waals surface area (Å²) in [7, 11) is 0. The fraction of sp³-hybridized carbons (Fsp3) is 0.522. The summed E-state index contributed by atoms with van der Waals surface area (Å²) in [5, 5.41) is 6.65. The number of hydrogen-bond acceptors (Lipinski definition) is 5. The van der Waals surface area contributed by atoms with Gasteiger partial charge in [-0.05, 0) is 20.8 Å². The Morgan fingerprint density at radius 1 is 1.32 bits per heavy atom. The minimum atomic E-state index is -4.58. The molecule has 11 heteroatoms. The van der Waals surface area contributed by atoms with Crippen LogP contribution in [0.15, 0.2) is 30.5 Å². The summed E-state index contributed by atoms with van der Waals surface area (Å²) >= 11 is 0.0433. The number of pyridine rings is 1. The second-order valence-electron chi connectivity index (χ2n) is 10.1. The SMILES string of the molecule is CC(C)(C)OC(=O)NCC1(C2(C)C=C(c3ccnc4c3c(C(F)(F)F)n[n]4[Tl])C=CC2)COC1. The van der Waals surface area contributed by atoms with Crippen molar-refractivity contribution in [2.24, 2.45) is 10.8 Å². The molecule has 0 spiro atoms. The predicted octanol–water partition coefficient (Wildman–Crippen LogP) is 4.27. The average molecular weight is 668 g/mol. The van der Waals surface area contributed by atoms with E-state index in [1.807, 2.05) is 18.2 Å². The Morgan fingerprint density at radius 2 is 2.03 bits per heavy atom. The average Bonchev–Trinajstić information content (AvgIpc) is 3.03. The van der Waals surface area contributed by atoms with Crippen molar-refractivity contribution < 1.29 is 27.4 Å². The van der Waals surface area contributed by atoms with Gasteiger partial charge in [-0.1, -0.05) is 0 Å². The molecule has 1 N–H and O–H groups in total. The molecule has 1 fully saturated rings. The number of hydrogen-bond donors (Lipinski definition) is 1. The summed E-state index contributed by atoms with van der Waals surface area (Å²) < 4.78 is 53.6. The number of rotatable bonds is 4. The molecule has 7 nitrogen and oxygen atoms in total. The van der Waals surface area contributed by atoms with Gasteiger partial charge in [-0.25, -0.2) is 0 Å². The zero-order valence-electron chi connectivity index (χ0n) is 19.5. The number of alkyl carbamates (subject to hydrolysis) is 1. The van der Waals surface area contributed by atoms with Crippen LogP contribution in [0.4, 0.5) is 18.0 Å². The number of carbonyl (C=O) groups is 1.